The Morgan fingerprint density at radius 1 is 1.06 bits per heavy atom. The molecule has 5 rings (SSSR count). The van der Waals surface area contributed by atoms with Gasteiger partial charge in [-0.05, 0) is 24.6 Å². The quantitative estimate of drug-likeness (QED) is 0.405. The number of aromatic nitrogens is 3. The van der Waals surface area contributed by atoms with Crippen molar-refractivity contribution in [2.75, 3.05) is 31.8 Å². The highest BCUT2D eigenvalue weighted by molar-refractivity contribution is 5.80. The fourth-order valence-corrected chi connectivity index (χ4v) is 3.87. The van der Waals surface area contributed by atoms with Crippen LogP contribution < -0.4 is 19.5 Å². The van der Waals surface area contributed by atoms with Crippen molar-refractivity contribution in [1.29, 1.82) is 0 Å². The number of alkyl halides is 1. The van der Waals surface area contributed by atoms with E-state index in [2.05, 4.69) is 15.3 Å². The molecule has 2 aromatic heterocycles. The molecule has 0 atom stereocenters. The molecule has 1 N–H and O–H groups in total. The van der Waals surface area contributed by atoms with Crippen molar-refractivity contribution in [1.82, 2.24) is 14.4 Å². The van der Waals surface area contributed by atoms with Crippen LogP contribution in [0.2, 0.25) is 0 Å². The highest BCUT2D eigenvalue weighted by Gasteiger charge is 2.24. The molecule has 0 fully saturated rings. The molecule has 0 unspecified atom stereocenters. The molecule has 0 radical (unpaired) electrons. The number of imidazole rings is 1. The van der Waals surface area contributed by atoms with Gasteiger partial charge in [0.05, 0.1) is 5.56 Å². The fraction of sp³-hybridized carbons (Fsp3) is 0.250. The van der Waals surface area contributed by atoms with E-state index in [0.29, 0.717) is 42.6 Å². The lowest BCUT2D eigenvalue weighted by Gasteiger charge is -2.19. The summed E-state index contributed by atoms with van der Waals surface area (Å²) in [5.74, 6) is -0.0769. The number of aryl methyl sites for hydroxylation is 1. The molecule has 34 heavy (non-hydrogen) atoms. The molecule has 1 aliphatic rings. The van der Waals surface area contributed by atoms with Crippen LogP contribution in [-0.2, 0) is 6.42 Å². The third-order valence-corrected chi connectivity index (χ3v) is 5.37. The lowest BCUT2D eigenvalue weighted by atomic mass is 10.1. The number of anilines is 2. The number of hydrogen-bond acceptors (Lipinski definition) is 6. The fourth-order valence-electron chi connectivity index (χ4n) is 3.87. The second kappa shape index (κ2) is 9.12. The zero-order valence-electron chi connectivity index (χ0n) is 18.3. The first kappa shape index (κ1) is 21.9. The largest absolute Gasteiger partial charge is 0.491 e. The van der Waals surface area contributed by atoms with Crippen molar-refractivity contribution in [2.24, 2.45) is 0 Å². The molecule has 3 heterocycles. The summed E-state index contributed by atoms with van der Waals surface area (Å²) in [7, 11) is 0. The van der Waals surface area contributed by atoms with Crippen LogP contribution in [0.4, 0.5) is 24.7 Å². The van der Waals surface area contributed by atoms with E-state index in [4.69, 9.17) is 14.2 Å². The summed E-state index contributed by atoms with van der Waals surface area (Å²) >= 11 is 0. The number of rotatable bonds is 7. The number of nitrogens with zero attached hydrogens (tertiary/aromatic N) is 3. The van der Waals surface area contributed by atoms with Gasteiger partial charge in [-0.25, -0.2) is 23.1 Å². The molecule has 0 bridgehead atoms. The molecule has 0 saturated carbocycles. The van der Waals surface area contributed by atoms with E-state index < -0.39 is 18.3 Å². The van der Waals surface area contributed by atoms with Gasteiger partial charge in [-0.3, -0.25) is 4.40 Å². The maximum absolute atomic E-state index is 15.1. The SMILES string of the molecule is CCc1ccnc2nc(-c3c(F)cc(OCCF)cc3F)c(Nc3ccc4c(c3)OCCO4)n12. The van der Waals surface area contributed by atoms with Gasteiger partial charge in [-0.2, -0.15) is 0 Å². The minimum Gasteiger partial charge on any atom is -0.491 e. The van der Waals surface area contributed by atoms with Gasteiger partial charge in [-0.15, -0.1) is 0 Å². The van der Waals surface area contributed by atoms with Gasteiger partial charge in [0, 0.05) is 35.8 Å². The molecule has 0 aliphatic carbocycles. The summed E-state index contributed by atoms with van der Waals surface area (Å²) in [5.41, 5.74) is 1.14. The zero-order chi connectivity index (χ0) is 23.7. The number of halogens is 3. The van der Waals surface area contributed by atoms with Crippen LogP contribution in [0.25, 0.3) is 17.0 Å². The summed E-state index contributed by atoms with van der Waals surface area (Å²) in [4.78, 5) is 8.72. The normalized spacial score (nSPS) is 12.7. The average molecular weight is 470 g/mol. The number of benzene rings is 2. The summed E-state index contributed by atoms with van der Waals surface area (Å²) in [6, 6.07) is 9.13. The molecular weight excluding hydrogens is 449 g/mol. The van der Waals surface area contributed by atoms with Crippen LogP contribution in [0, 0.1) is 11.6 Å². The van der Waals surface area contributed by atoms with Crippen molar-refractivity contribution in [2.45, 2.75) is 13.3 Å². The Kier molecular flexibility index (Phi) is 5.87. The summed E-state index contributed by atoms with van der Waals surface area (Å²) < 4.78 is 60.7. The maximum Gasteiger partial charge on any atom is 0.236 e. The van der Waals surface area contributed by atoms with E-state index in [1.165, 1.54) is 0 Å². The van der Waals surface area contributed by atoms with Crippen LogP contribution in [-0.4, -0.2) is 40.9 Å². The minimum absolute atomic E-state index is 0.0373. The molecule has 1 aliphatic heterocycles. The lowest BCUT2D eigenvalue weighted by Crippen LogP contribution is -2.15. The Bertz CT molecular complexity index is 1340. The number of fused-ring (bicyclic) bond motifs is 2. The average Bonchev–Trinajstić information content (AvgIpc) is 3.20. The Hall–Kier alpha value is -3.95. The van der Waals surface area contributed by atoms with Crippen LogP contribution in [0.5, 0.6) is 17.2 Å². The van der Waals surface area contributed by atoms with Crippen molar-refractivity contribution >= 4 is 17.3 Å². The standard InChI is InChI=1S/C24H21F3N4O3/c1-2-15-5-7-28-24-30-22(21-17(26)12-16(13-18(21)27)32-8-6-25)23(31(15)24)29-14-3-4-19-20(11-14)34-10-9-33-19/h3-5,7,11-13,29H,2,6,8-10H2,1H3. The predicted molar refractivity (Wildman–Crippen MR) is 120 cm³/mol. The van der Waals surface area contributed by atoms with Crippen molar-refractivity contribution in [3.8, 4) is 28.5 Å². The third kappa shape index (κ3) is 3.95. The maximum atomic E-state index is 15.1. The van der Waals surface area contributed by atoms with E-state index in [1.54, 1.807) is 28.8 Å². The Balaban J connectivity index is 1.66. The summed E-state index contributed by atoms with van der Waals surface area (Å²) in [6.45, 7) is 1.78. The van der Waals surface area contributed by atoms with Gasteiger partial charge in [0.25, 0.3) is 0 Å². The number of ether oxygens (including phenoxy) is 3. The zero-order valence-corrected chi connectivity index (χ0v) is 18.3. The second-order valence-electron chi connectivity index (χ2n) is 7.52. The van der Waals surface area contributed by atoms with Crippen LogP contribution in [0.1, 0.15) is 12.6 Å². The molecule has 7 nitrogen and oxygen atoms in total. The molecule has 10 heteroatoms. The first-order valence-corrected chi connectivity index (χ1v) is 10.8. The van der Waals surface area contributed by atoms with Crippen LogP contribution >= 0.6 is 0 Å². The van der Waals surface area contributed by atoms with Gasteiger partial charge in [0.1, 0.15) is 55.4 Å². The molecule has 2 aromatic carbocycles. The molecule has 0 spiro atoms. The molecule has 0 saturated heterocycles. The van der Waals surface area contributed by atoms with Gasteiger partial charge in [0.2, 0.25) is 5.78 Å². The Labute approximate surface area is 193 Å². The highest BCUT2D eigenvalue weighted by atomic mass is 19.1. The van der Waals surface area contributed by atoms with Gasteiger partial charge >= 0.3 is 0 Å². The number of nitrogens with one attached hydrogen (secondary N) is 1. The van der Waals surface area contributed by atoms with Crippen LogP contribution in [0.15, 0.2) is 42.6 Å². The molecule has 4 aromatic rings. The first-order chi connectivity index (χ1) is 16.6. The lowest BCUT2D eigenvalue weighted by molar-refractivity contribution is 0.171. The first-order valence-electron chi connectivity index (χ1n) is 10.8. The Morgan fingerprint density at radius 2 is 1.82 bits per heavy atom. The Morgan fingerprint density at radius 3 is 2.56 bits per heavy atom. The van der Waals surface area contributed by atoms with E-state index in [0.717, 1.165) is 17.8 Å². The van der Waals surface area contributed by atoms with E-state index in [-0.39, 0.29) is 29.4 Å². The summed E-state index contributed by atoms with van der Waals surface area (Å²) in [5, 5.41) is 3.23. The monoisotopic (exact) mass is 470 g/mol. The smallest absolute Gasteiger partial charge is 0.236 e. The van der Waals surface area contributed by atoms with E-state index in [1.807, 2.05) is 13.0 Å². The van der Waals surface area contributed by atoms with Gasteiger partial charge in [-0.1, -0.05) is 6.92 Å². The van der Waals surface area contributed by atoms with E-state index in [9.17, 15) is 4.39 Å². The van der Waals surface area contributed by atoms with Gasteiger partial charge < -0.3 is 19.5 Å². The third-order valence-electron chi connectivity index (χ3n) is 5.37. The molecule has 176 valence electrons. The topological polar surface area (TPSA) is 69.9 Å². The van der Waals surface area contributed by atoms with Crippen molar-refractivity contribution in [3.63, 3.8) is 0 Å². The van der Waals surface area contributed by atoms with Crippen molar-refractivity contribution in [3.05, 3.63) is 59.9 Å². The van der Waals surface area contributed by atoms with E-state index >= 15 is 8.78 Å². The van der Waals surface area contributed by atoms with Gasteiger partial charge in [0.15, 0.2) is 11.5 Å². The molecule has 0 amide bonds. The minimum atomic E-state index is -0.888. The number of hydrogen-bond donors (Lipinski definition) is 1. The molecular formula is C24H21F3N4O3. The van der Waals surface area contributed by atoms with Crippen LogP contribution in [0.3, 0.4) is 0 Å². The highest BCUT2D eigenvalue weighted by Crippen LogP contribution is 2.38. The second-order valence-corrected chi connectivity index (χ2v) is 7.52. The predicted octanol–water partition coefficient (Wildman–Crippen LogP) is 5.10. The van der Waals surface area contributed by atoms with Crippen molar-refractivity contribution < 1.29 is 27.4 Å². The summed E-state index contributed by atoms with van der Waals surface area (Å²) in [6.07, 6.45) is 2.23.